The van der Waals surface area contributed by atoms with Gasteiger partial charge in [-0.25, -0.2) is 13.1 Å². The number of aliphatic hydroxyl groups is 1. The third-order valence-electron chi connectivity index (χ3n) is 3.67. The molecule has 23 heavy (non-hydrogen) atoms. The van der Waals surface area contributed by atoms with Gasteiger partial charge in [-0.2, -0.15) is 0 Å². The number of benzene rings is 1. The molecule has 0 saturated carbocycles. The van der Waals surface area contributed by atoms with E-state index in [1.165, 1.54) is 0 Å². The van der Waals surface area contributed by atoms with Gasteiger partial charge in [0.2, 0.25) is 10.0 Å². The van der Waals surface area contributed by atoms with Gasteiger partial charge >= 0.3 is 0 Å². The fourth-order valence-electron chi connectivity index (χ4n) is 2.33. The number of nitrogens with zero attached hydrogens (tertiary/aromatic N) is 1. The van der Waals surface area contributed by atoms with Crippen LogP contribution in [0.15, 0.2) is 39.8 Å². The van der Waals surface area contributed by atoms with E-state index in [9.17, 15) is 13.5 Å². The molecule has 0 aliphatic rings. The molecule has 126 valence electrons. The molecule has 0 aliphatic carbocycles. The molecule has 1 aromatic heterocycles. The highest BCUT2D eigenvalue weighted by Crippen LogP contribution is 2.20. The zero-order valence-electron chi connectivity index (χ0n) is 13.5. The SMILES string of the molecule is Cc1noc(C)c1S(=O)(=O)NCC(C)(O)CCc1ccccc1. The Morgan fingerprint density at radius 1 is 1.26 bits per heavy atom. The van der Waals surface area contributed by atoms with Crippen LogP contribution in [0.4, 0.5) is 0 Å². The van der Waals surface area contributed by atoms with Crippen molar-refractivity contribution < 1.29 is 18.0 Å². The van der Waals surface area contributed by atoms with E-state index in [1.54, 1.807) is 20.8 Å². The normalized spacial score (nSPS) is 14.6. The second-order valence-electron chi connectivity index (χ2n) is 5.96. The van der Waals surface area contributed by atoms with Gasteiger partial charge in [-0.3, -0.25) is 0 Å². The van der Waals surface area contributed by atoms with Gasteiger partial charge in [0.05, 0.1) is 5.60 Å². The smallest absolute Gasteiger partial charge is 0.246 e. The van der Waals surface area contributed by atoms with Crippen molar-refractivity contribution in [3.63, 3.8) is 0 Å². The predicted molar refractivity (Wildman–Crippen MR) is 86.6 cm³/mol. The minimum atomic E-state index is -3.76. The summed E-state index contributed by atoms with van der Waals surface area (Å²) in [5.74, 6) is 0.235. The second-order valence-corrected chi connectivity index (χ2v) is 7.66. The summed E-state index contributed by atoms with van der Waals surface area (Å²) in [7, 11) is -3.76. The Balaban J connectivity index is 1.98. The van der Waals surface area contributed by atoms with Crippen LogP contribution in [0.1, 0.15) is 30.4 Å². The number of hydrogen-bond acceptors (Lipinski definition) is 5. The zero-order valence-corrected chi connectivity index (χ0v) is 14.4. The summed E-state index contributed by atoms with van der Waals surface area (Å²) < 4.78 is 32.0. The molecule has 2 N–H and O–H groups in total. The van der Waals surface area contributed by atoms with Crippen LogP contribution in [0.2, 0.25) is 0 Å². The largest absolute Gasteiger partial charge is 0.389 e. The molecule has 2 aromatic rings. The molecule has 1 unspecified atom stereocenters. The zero-order chi connectivity index (χ0) is 17.1. The van der Waals surface area contributed by atoms with Crippen LogP contribution in [0, 0.1) is 13.8 Å². The van der Waals surface area contributed by atoms with Gasteiger partial charge < -0.3 is 9.63 Å². The minimum absolute atomic E-state index is 0.0383. The van der Waals surface area contributed by atoms with E-state index in [4.69, 9.17) is 4.52 Å². The lowest BCUT2D eigenvalue weighted by molar-refractivity contribution is 0.0565. The first kappa shape index (κ1) is 17.7. The molecule has 0 bridgehead atoms. The van der Waals surface area contributed by atoms with Crippen molar-refractivity contribution >= 4 is 10.0 Å². The van der Waals surface area contributed by atoms with Crippen molar-refractivity contribution in [2.45, 2.75) is 44.1 Å². The van der Waals surface area contributed by atoms with Crippen LogP contribution in [-0.2, 0) is 16.4 Å². The van der Waals surface area contributed by atoms with Crippen LogP contribution >= 0.6 is 0 Å². The first-order valence-corrected chi connectivity index (χ1v) is 8.88. The Morgan fingerprint density at radius 3 is 2.48 bits per heavy atom. The van der Waals surface area contributed by atoms with E-state index in [0.717, 1.165) is 5.56 Å². The van der Waals surface area contributed by atoms with E-state index in [0.29, 0.717) is 18.5 Å². The van der Waals surface area contributed by atoms with Crippen LogP contribution in [0.3, 0.4) is 0 Å². The van der Waals surface area contributed by atoms with Crippen LogP contribution in [0.5, 0.6) is 0 Å². The van der Waals surface area contributed by atoms with Crippen LogP contribution in [0.25, 0.3) is 0 Å². The fraction of sp³-hybridized carbons (Fsp3) is 0.438. The number of rotatable bonds is 7. The van der Waals surface area contributed by atoms with Crippen molar-refractivity contribution in [2.75, 3.05) is 6.54 Å². The molecule has 0 saturated heterocycles. The highest BCUT2D eigenvalue weighted by molar-refractivity contribution is 7.89. The standard InChI is InChI=1S/C16H22N2O4S/c1-12-15(13(2)22-18-12)23(20,21)17-11-16(3,19)10-9-14-7-5-4-6-8-14/h4-8,17,19H,9-11H2,1-3H3. The summed E-state index contributed by atoms with van der Waals surface area (Å²) in [6.45, 7) is 4.65. The third kappa shape index (κ3) is 4.63. The first-order chi connectivity index (χ1) is 10.7. The monoisotopic (exact) mass is 338 g/mol. The van der Waals surface area contributed by atoms with Crippen molar-refractivity contribution in [1.82, 2.24) is 9.88 Å². The summed E-state index contributed by atoms with van der Waals surface area (Å²) in [6.07, 6.45) is 1.11. The van der Waals surface area contributed by atoms with Crippen LogP contribution in [-0.4, -0.2) is 30.8 Å². The number of aryl methyl sites for hydroxylation is 3. The number of nitrogens with one attached hydrogen (secondary N) is 1. The first-order valence-electron chi connectivity index (χ1n) is 7.40. The maximum Gasteiger partial charge on any atom is 0.246 e. The Bertz CT molecular complexity index is 732. The molecule has 0 amide bonds. The van der Waals surface area contributed by atoms with Gasteiger partial charge in [-0.1, -0.05) is 35.5 Å². The molecule has 1 heterocycles. The Morgan fingerprint density at radius 2 is 1.91 bits per heavy atom. The average Bonchev–Trinajstić information content (AvgIpc) is 2.84. The van der Waals surface area contributed by atoms with Crippen molar-refractivity contribution in [1.29, 1.82) is 0 Å². The highest BCUT2D eigenvalue weighted by Gasteiger charge is 2.28. The fourth-order valence-corrected chi connectivity index (χ4v) is 3.81. The van der Waals surface area contributed by atoms with E-state index in [1.807, 2.05) is 30.3 Å². The summed E-state index contributed by atoms with van der Waals surface area (Å²) in [4.78, 5) is 0.0383. The van der Waals surface area contributed by atoms with Gasteiger partial charge in [0, 0.05) is 6.54 Å². The molecule has 1 aromatic carbocycles. The lowest BCUT2D eigenvalue weighted by atomic mass is 9.97. The predicted octanol–water partition coefficient (Wildman–Crippen LogP) is 1.95. The van der Waals surface area contributed by atoms with Gasteiger partial charge in [0.15, 0.2) is 5.76 Å². The molecule has 0 fully saturated rings. The molecule has 6 nitrogen and oxygen atoms in total. The molecule has 0 radical (unpaired) electrons. The Hall–Kier alpha value is -1.70. The maximum absolute atomic E-state index is 12.3. The summed E-state index contributed by atoms with van der Waals surface area (Å²) in [6, 6.07) is 9.75. The highest BCUT2D eigenvalue weighted by atomic mass is 32.2. The van der Waals surface area contributed by atoms with Gasteiger partial charge in [-0.05, 0) is 39.2 Å². The van der Waals surface area contributed by atoms with Gasteiger partial charge in [-0.15, -0.1) is 0 Å². The topological polar surface area (TPSA) is 92.4 Å². The van der Waals surface area contributed by atoms with E-state index < -0.39 is 15.6 Å². The van der Waals surface area contributed by atoms with Crippen LogP contribution < -0.4 is 4.72 Å². The quantitative estimate of drug-likeness (QED) is 0.805. The second kappa shape index (κ2) is 6.82. The number of sulfonamides is 1. The number of hydrogen-bond donors (Lipinski definition) is 2. The molecular formula is C16H22N2O4S. The molecule has 1 atom stereocenters. The lowest BCUT2D eigenvalue weighted by Crippen LogP contribution is -2.41. The Kier molecular flexibility index (Phi) is 5.23. The third-order valence-corrected chi connectivity index (χ3v) is 5.32. The van der Waals surface area contributed by atoms with Crippen molar-refractivity contribution in [3.8, 4) is 0 Å². The van der Waals surface area contributed by atoms with E-state index >= 15 is 0 Å². The van der Waals surface area contributed by atoms with Crippen molar-refractivity contribution in [2.24, 2.45) is 0 Å². The molecular weight excluding hydrogens is 316 g/mol. The lowest BCUT2D eigenvalue weighted by Gasteiger charge is -2.23. The maximum atomic E-state index is 12.3. The van der Waals surface area contributed by atoms with Crippen molar-refractivity contribution in [3.05, 3.63) is 47.3 Å². The van der Waals surface area contributed by atoms with E-state index in [-0.39, 0.29) is 17.2 Å². The molecule has 2 rings (SSSR count). The summed E-state index contributed by atoms with van der Waals surface area (Å²) in [5.41, 5.74) is 0.252. The minimum Gasteiger partial charge on any atom is -0.389 e. The summed E-state index contributed by atoms with van der Waals surface area (Å²) in [5, 5.41) is 14.1. The van der Waals surface area contributed by atoms with Gasteiger partial charge in [0.25, 0.3) is 0 Å². The average molecular weight is 338 g/mol. The Labute approximate surface area is 136 Å². The molecule has 7 heteroatoms. The summed E-state index contributed by atoms with van der Waals surface area (Å²) >= 11 is 0. The molecule has 0 aliphatic heterocycles. The number of aromatic nitrogens is 1. The van der Waals surface area contributed by atoms with E-state index in [2.05, 4.69) is 9.88 Å². The van der Waals surface area contributed by atoms with Gasteiger partial charge in [0.1, 0.15) is 10.6 Å². The molecule has 0 spiro atoms.